The van der Waals surface area contributed by atoms with E-state index in [0.717, 1.165) is 10.4 Å². The lowest BCUT2D eigenvalue weighted by Crippen LogP contribution is -2.40. The van der Waals surface area contributed by atoms with Crippen LogP contribution in [0.15, 0.2) is 59.3 Å². The van der Waals surface area contributed by atoms with Gasteiger partial charge < -0.3 is 4.90 Å². The Morgan fingerprint density at radius 3 is 2.77 bits per heavy atom. The minimum absolute atomic E-state index is 0.0164. The Kier molecular flexibility index (Phi) is 5.60. The molecule has 1 amide bonds. The van der Waals surface area contributed by atoms with E-state index in [1.807, 2.05) is 34.5 Å². The van der Waals surface area contributed by atoms with Gasteiger partial charge in [0.05, 0.1) is 29.8 Å². The molecule has 26 heavy (non-hydrogen) atoms. The minimum Gasteiger partial charge on any atom is -0.333 e. The predicted octanol–water partition coefficient (Wildman–Crippen LogP) is 2.72. The first kappa shape index (κ1) is 18.8. The SMILES string of the molecule is C=CCN(Cc1cccs1)C(=O)CN(C)[C@H]1CS(=O)(=O)c2ccccc21. The molecule has 0 N–H and O–H groups in total. The maximum atomic E-state index is 12.8. The van der Waals surface area contributed by atoms with Gasteiger partial charge in [0.15, 0.2) is 9.84 Å². The van der Waals surface area contributed by atoms with Crippen molar-refractivity contribution in [2.75, 3.05) is 25.9 Å². The lowest BCUT2D eigenvalue weighted by atomic mass is 10.1. The summed E-state index contributed by atoms with van der Waals surface area (Å²) in [5.74, 6) is -0.0229. The molecule has 138 valence electrons. The topological polar surface area (TPSA) is 57.7 Å². The molecule has 0 fully saturated rings. The fourth-order valence-electron chi connectivity index (χ4n) is 3.22. The average molecular weight is 391 g/mol. The normalized spacial score (nSPS) is 17.8. The largest absolute Gasteiger partial charge is 0.333 e. The average Bonchev–Trinajstić information content (AvgIpc) is 3.21. The number of sulfone groups is 1. The van der Waals surface area contributed by atoms with E-state index in [1.165, 1.54) is 0 Å². The van der Waals surface area contributed by atoms with Crippen LogP contribution in [0.2, 0.25) is 0 Å². The third-order valence-corrected chi connectivity index (χ3v) is 7.19. The molecule has 0 aliphatic carbocycles. The van der Waals surface area contributed by atoms with E-state index in [-0.39, 0.29) is 24.2 Å². The third-order valence-electron chi connectivity index (χ3n) is 4.54. The standard InChI is InChI=1S/C19H22N2O3S2/c1-3-10-21(12-15-7-6-11-25-15)19(22)13-20(2)17-14-26(23,24)18-9-5-4-8-16(17)18/h3-9,11,17H,1,10,12-14H2,2H3/t17-/m0/s1. The van der Waals surface area contributed by atoms with Crippen molar-refractivity contribution in [2.45, 2.75) is 17.5 Å². The first-order valence-corrected chi connectivity index (χ1v) is 10.9. The van der Waals surface area contributed by atoms with Gasteiger partial charge in [-0.3, -0.25) is 9.69 Å². The fourth-order valence-corrected chi connectivity index (χ4v) is 5.81. The number of nitrogens with zero attached hydrogens (tertiary/aromatic N) is 2. The van der Waals surface area contributed by atoms with Crippen LogP contribution in [0.1, 0.15) is 16.5 Å². The van der Waals surface area contributed by atoms with Gasteiger partial charge in [-0.15, -0.1) is 17.9 Å². The number of benzene rings is 1. The van der Waals surface area contributed by atoms with Crippen LogP contribution in [-0.4, -0.2) is 50.0 Å². The zero-order valence-electron chi connectivity index (χ0n) is 14.7. The number of hydrogen-bond donors (Lipinski definition) is 0. The summed E-state index contributed by atoms with van der Waals surface area (Å²) >= 11 is 1.61. The molecule has 0 radical (unpaired) electrons. The molecule has 2 heterocycles. The zero-order valence-corrected chi connectivity index (χ0v) is 16.3. The van der Waals surface area contributed by atoms with Gasteiger partial charge in [0, 0.05) is 11.4 Å². The van der Waals surface area contributed by atoms with Crippen molar-refractivity contribution in [3.63, 3.8) is 0 Å². The van der Waals surface area contributed by atoms with Crippen LogP contribution in [0.25, 0.3) is 0 Å². The Balaban J connectivity index is 1.73. The monoisotopic (exact) mass is 390 g/mol. The van der Waals surface area contributed by atoms with Crippen molar-refractivity contribution in [1.82, 2.24) is 9.80 Å². The first-order valence-electron chi connectivity index (χ1n) is 8.35. The van der Waals surface area contributed by atoms with Crippen molar-refractivity contribution >= 4 is 27.1 Å². The van der Waals surface area contributed by atoms with Gasteiger partial charge >= 0.3 is 0 Å². The summed E-state index contributed by atoms with van der Waals surface area (Å²) in [6.07, 6.45) is 1.71. The van der Waals surface area contributed by atoms with E-state index in [2.05, 4.69) is 6.58 Å². The van der Waals surface area contributed by atoms with Gasteiger partial charge in [-0.2, -0.15) is 0 Å². The number of thiophene rings is 1. The zero-order chi connectivity index (χ0) is 18.7. The highest BCUT2D eigenvalue weighted by Crippen LogP contribution is 2.36. The summed E-state index contributed by atoms with van der Waals surface area (Å²) in [4.78, 5) is 17.9. The number of carbonyl (C=O) groups is 1. The summed E-state index contributed by atoms with van der Waals surface area (Å²) < 4.78 is 24.7. The predicted molar refractivity (Wildman–Crippen MR) is 104 cm³/mol. The first-order chi connectivity index (χ1) is 12.4. The molecule has 1 aliphatic heterocycles. The summed E-state index contributed by atoms with van der Waals surface area (Å²) in [5.41, 5.74) is 0.774. The number of amides is 1. The smallest absolute Gasteiger partial charge is 0.237 e. The molecule has 0 spiro atoms. The van der Waals surface area contributed by atoms with E-state index in [1.54, 1.807) is 41.5 Å². The molecule has 1 aliphatic rings. The van der Waals surface area contributed by atoms with Crippen LogP contribution < -0.4 is 0 Å². The highest BCUT2D eigenvalue weighted by Gasteiger charge is 2.37. The summed E-state index contributed by atoms with van der Waals surface area (Å²) in [5, 5.41) is 1.98. The maximum Gasteiger partial charge on any atom is 0.237 e. The molecule has 0 unspecified atom stereocenters. The van der Waals surface area contributed by atoms with Crippen molar-refractivity contribution in [3.8, 4) is 0 Å². The Bertz CT molecular complexity index is 891. The molecule has 0 saturated heterocycles. The van der Waals surface area contributed by atoms with Crippen LogP contribution >= 0.6 is 11.3 Å². The minimum atomic E-state index is -3.29. The lowest BCUT2D eigenvalue weighted by molar-refractivity contribution is -0.132. The second-order valence-electron chi connectivity index (χ2n) is 6.39. The van der Waals surface area contributed by atoms with E-state index in [0.29, 0.717) is 18.0 Å². The molecule has 5 nitrogen and oxygen atoms in total. The Hall–Kier alpha value is -1.96. The third kappa shape index (κ3) is 3.90. The molecular weight excluding hydrogens is 368 g/mol. The molecular formula is C19H22N2O3S2. The van der Waals surface area contributed by atoms with Gasteiger partial charge in [-0.25, -0.2) is 8.42 Å². The van der Waals surface area contributed by atoms with Crippen LogP contribution in [0.4, 0.5) is 0 Å². The van der Waals surface area contributed by atoms with Crippen LogP contribution in [0.5, 0.6) is 0 Å². The van der Waals surface area contributed by atoms with Gasteiger partial charge in [0.25, 0.3) is 0 Å². The molecule has 1 aromatic carbocycles. The van der Waals surface area contributed by atoms with Crippen molar-refractivity contribution < 1.29 is 13.2 Å². The number of fused-ring (bicyclic) bond motifs is 1. The number of likely N-dealkylation sites (N-methyl/N-ethyl adjacent to an activating group) is 1. The Labute approximate surface area is 158 Å². The van der Waals surface area contributed by atoms with Gasteiger partial charge in [0.1, 0.15) is 0 Å². The van der Waals surface area contributed by atoms with Crippen molar-refractivity contribution in [2.24, 2.45) is 0 Å². The van der Waals surface area contributed by atoms with E-state index >= 15 is 0 Å². The van der Waals surface area contributed by atoms with Crippen molar-refractivity contribution in [3.05, 3.63) is 64.9 Å². The number of rotatable bonds is 7. The second kappa shape index (κ2) is 7.73. The van der Waals surface area contributed by atoms with Crippen LogP contribution in [0, 0.1) is 0 Å². The molecule has 3 rings (SSSR count). The van der Waals surface area contributed by atoms with Crippen LogP contribution in [-0.2, 0) is 21.2 Å². The van der Waals surface area contributed by atoms with Gasteiger partial charge in [-0.05, 0) is 30.1 Å². The van der Waals surface area contributed by atoms with Crippen molar-refractivity contribution in [1.29, 1.82) is 0 Å². The lowest BCUT2D eigenvalue weighted by Gasteiger charge is -2.27. The molecule has 0 saturated carbocycles. The molecule has 0 bridgehead atoms. The Morgan fingerprint density at radius 2 is 2.08 bits per heavy atom. The maximum absolute atomic E-state index is 12.8. The van der Waals surface area contributed by atoms with Gasteiger partial charge in [-0.1, -0.05) is 30.3 Å². The Morgan fingerprint density at radius 1 is 1.31 bits per heavy atom. The quantitative estimate of drug-likeness (QED) is 0.682. The van der Waals surface area contributed by atoms with E-state index < -0.39 is 9.84 Å². The van der Waals surface area contributed by atoms with E-state index in [4.69, 9.17) is 0 Å². The highest BCUT2D eigenvalue weighted by atomic mass is 32.2. The molecule has 1 atom stereocenters. The van der Waals surface area contributed by atoms with Gasteiger partial charge in [0.2, 0.25) is 5.91 Å². The summed E-state index contributed by atoms with van der Waals surface area (Å²) in [6, 6.07) is 10.7. The summed E-state index contributed by atoms with van der Waals surface area (Å²) in [7, 11) is -1.49. The molecule has 7 heteroatoms. The van der Waals surface area contributed by atoms with E-state index in [9.17, 15) is 13.2 Å². The fraction of sp³-hybridized carbons (Fsp3) is 0.316. The molecule has 1 aromatic heterocycles. The molecule has 2 aromatic rings. The number of carbonyl (C=O) groups excluding carboxylic acids is 1. The van der Waals surface area contributed by atoms with Crippen LogP contribution in [0.3, 0.4) is 0 Å². The highest BCUT2D eigenvalue weighted by molar-refractivity contribution is 7.91. The summed E-state index contributed by atoms with van der Waals surface area (Å²) in [6.45, 7) is 4.89. The number of hydrogen-bond acceptors (Lipinski definition) is 5. The second-order valence-corrected chi connectivity index (χ2v) is 9.43.